The highest BCUT2D eigenvalue weighted by Crippen LogP contribution is 2.22. The summed E-state index contributed by atoms with van der Waals surface area (Å²) in [6, 6.07) is 3.47. The summed E-state index contributed by atoms with van der Waals surface area (Å²) in [5.74, 6) is 0. The van der Waals surface area contributed by atoms with Gasteiger partial charge in [-0.15, -0.1) is 11.3 Å². The second-order valence-electron chi connectivity index (χ2n) is 4.26. The molecule has 1 saturated heterocycles. The summed E-state index contributed by atoms with van der Waals surface area (Å²) in [6.07, 6.45) is 4.12. The number of hydrogen-bond acceptors (Lipinski definition) is 5. The normalized spacial score (nSPS) is 19.7. The third-order valence-electron chi connectivity index (χ3n) is 2.89. The number of sulfonamides is 1. The van der Waals surface area contributed by atoms with Crippen LogP contribution in [0.2, 0.25) is 0 Å². The van der Waals surface area contributed by atoms with Crippen molar-refractivity contribution >= 4 is 27.0 Å². The van der Waals surface area contributed by atoms with E-state index in [9.17, 15) is 8.42 Å². The molecular formula is C11H13N3O3S2. The number of anilines is 1. The second kappa shape index (κ2) is 4.95. The molecule has 1 atom stereocenters. The fourth-order valence-corrected chi connectivity index (χ4v) is 3.96. The van der Waals surface area contributed by atoms with Gasteiger partial charge < -0.3 is 4.74 Å². The van der Waals surface area contributed by atoms with Crippen molar-refractivity contribution in [2.75, 3.05) is 17.9 Å². The molecule has 0 aliphatic carbocycles. The molecule has 0 radical (unpaired) electrons. The first-order chi connectivity index (χ1) is 9.15. The smallest absolute Gasteiger partial charge is 0.271 e. The third-order valence-corrected chi connectivity index (χ3v) is 5.67. The van der Waals surface area contributed by atoms with Crippen LogP contribution >= 0.6 is 11.3 Å². The molecule has 1 N–H and O–H groups in total. The highest BCUT2D eigenvalue weighted by molar-refractivity contribution is 7.94. The Morgan fingerprint density at radius 2 is 2.42 bits per heavy atom. The average molecular weight is 299 g/mol. The lowest BCUT2D eigenvalue weighted by atomic mass is 10.3. The van der Waals surface area contributed by atoms with E-state index < -0.39 is 10.0 Å². The zero-order valence-electron chi connectivity index (χ0n) is 10.0. The molecule has 0 unspecified atom stereocenters. The van der Waals surface area contributed by atoms with Crippen molar-refractivity contribution in [2.24, 2.45) is 0 Å². The van der Waals surface area contributed by atoms with Crippen molar-refractivity contribution in [3.8, 4) is 0 Å². The molecule has 3 rings (SSSR count). The van der Waals surface area contributed by atoms with Gasteiger partial charge in [0.2, 0.25) is 0 Å². The predicted octanol–water partition coefficient (Wildman–Crippen LogP) is 1.71. The summed E-state index contributed by atoms with van der Waals surface area (Å²) < 4.78 is 33.9. The van der Waals surface area contributed by atoms with Crippen molar-refractivity contribution in [1.29, 1.82) is 0 Å². The second-order valence-corrected chi connectivity index (χ2v) is 7.12. The van der Waals surface area contributed by atoms with Gasteiger partial charge >= 0.3 is 0 Å². The van der Waals surface area contributed by atoms with Crippen molar-refractivity contribution in [3.63, 3.8) is 0 Å². The van der Waals surface area contributed by atoms with Gasteiger partial charge in [-0.05, 0) is 17.9 Å². The highest BCUT2D eigenvalue weighted by atomic mass is 32.2. The molecule has 0 amide bonds. The Balaban J connectivity index is 1.77. The predicted molar refractivity (Wildman–Crippen MR) is 71.8 cm³/mol. The van der Waals surface area contributed by atoms with Gasteiger partial charge in [-0.3, -0.25) is 9.40 Å². The van der Waals surface area contributed by atoms with E-state index in [4.69, 9.17) is 4.74 Å². The SMILES string of the molecule is O=S(=O)(Nc1cnn([C@H]2CCOC2)c1)c1cccs1. The average Bonchev–Trinajstić information content (AvgIpc) is 3.11. The molecular weight excluding hydrogens is 286 g/mol. The van der Waals surface area contributed by atoms with E-state index in [2.05, 4.69) is 9.82 Å². The van der Waals surface area contributed by atoms with Gasteiger partial charge in [0, 0.05) is 12.8 Å². The van der Waals surface area contributed by atoms with Crippen molar-refractivity contribution in [2.45, 2.75) is 16.7 Å². The summed E-state index contributed by atoms with van der Waals surface area (Å²) in [4.78, 5) is 0. The van der Waals surface area contributed by atoms with Crippen LogP contribution in [0.4, 0.5) is 5.69 Å². The van der Waals surface area contributed by atoms with E-state index in [1.165, 1.54) is 17.5 Å². The lowest BCUT2D eigenvalue weighted by Gasteiger charge is -2.07. The van der Waals surface area contributed by atoms with Gasteiger partial charge in [0.1, 0.15) is 4.21 Å². The molecule has 0 bridgehead atoms. The van der Waals surface area contributed by atoms with Crippen LogP contribution in [-0.4, -0.2) is 31.4 Å². The zero-order chi connectivity index (χ0) is 13.3. The van der Waals surface area contributed by atoms with Crippen molar-refractivity contribution < 1.29 is 13.2 Å². The number of ether oxygens (including phenoxy) is 1. The summed E-state index contributed by atoms with van der Waals surface area (Å²) in [5.41, 5.74) is 0.473. The first kappa shape index (κ1) is 12.6. The van der Waals surface area contributed by atoms with Crippen LogP contribution in [-0.2, 0) is 14.8 Å². The van der Waals surface area contributed by atoms with Gasteiger partial charge in [-0.25, -0.2) is 8.42 Å². The van der Waals surface area contributed by atoms with Gasteiger partial charge in [-0.1, -0.05) is 6.07 Å². The van der Waals surface area contributed by atoms with Crippen LogP contribution in [0.1, 0.15) is 12.5 Å². The molecule has 6 nitrogen and oxygen atoms in total. The van der Waals surface area contributed by atoms with Crippen LogP contribution in [0.15, 0.2) is 34.1 Å². The third kappa shape index (κ3) is 2.65. The molecule has 102 valence electrons. The summed E-state index contributed by atoms with van der Waals surface area (Å²) in [6.45, 7) is 1.35. The van der Waals surface area contributed by atoms with Crippen LogP contribution in [0.25, 0.3) is 0 Å². The van der Waals surface area contributed by atoms with E-state index in [-0.39, 0.29) is 6.04 Å². The van der Waals surface area contributed by atoms with E-state index in [0.29, 0.717) is 16.5 Å². The Bertz CT molecular complexity index is 643. The quantitative estimate of drug-likeness (QED) is 0.932. The minimum absolute atomic E-state index is 0.194. The molecule has 0 saturated carbocycles. The monoisotopic (exact) mass is 299 g/mol. The standard InChI is InChI=1S/C11H13N3O3S2/c15-19(16,11-2-1-5-18-11)13-9-6-12-14(7-9)10-3-4-17-8-10/h1-2,5-7,10,13H,3-4,8H2/t10-/m0/s1. The van der Waals surface area contributed by atoms with Gasteiger partial charge in [0.25, 0.3) is 10.0 Å². The molecule has 2 aromatic heterocycles. The lowest BCUT2D eigenvalue weighted by Crippen LogP contribution is -2.11. The fourth-order valence-electron chi connectivity index (χ4n) is 1.94. The maximum absolute atomic E-state index is 12.0. The van der Waals surface area contributed by atoms with Crippen LogP contribution < -0.4 is 4.72 Å². The van der Waals surface area contributed by atoms with Crippen molar-refractivity contribution in [1.82, 2.24) is 9.78 Å². The molecule has 8 heteroatoms. The number of aromatic nitrogens is 2. The first-order valence-electron chi connectivity index (χ1n) is 5.83. The molecule has 2 aromatic rings. The summed E-state index contributed by atoms with van der Waals surface area (Å²) in [5, 5.41) is 5.91. The molecule has 1 aliphatic heterocycles. The first-order valence-corrected chi connectivity index (χ1v) is 8.20. The highest BCUT2D eigenvalue weighted by Gasteiger charge is 2.20. The van der Waals surface area contributed by atoms with E-state index in [0.717, 1.165) is 13.0 Å². The van der Waals surface area contributed by atoms with Crippen molar-refractivity contribution in [3.05, 3.63) is 29.9 Å². The molecule has 3 heterocycles. The summed E-state index contributed by atoms with van der Waals surface area (Å²) in [7, 11) is -3.50. The molecule has 1 fully saturated rings. The largest absolute Gasteiger partial charge is 0.379 e. The Labute approximate surface area is 115 Å². The van der Waals surface area contributed by atoms with Gasteiger partial charge in [0.05, 0.1) is 24.5 Å². The summed E-state index contributed by atoms with van der Waals surface area (Å²) >= 11 is 1.18. The number of hydrogen-bond donors (Lipinski definition) is 1. The van der Waals surface area contributed by atoms with Crippen LogP contribution in [0.3, 0.4) is 0 Å². The number of rotatable bonds is 4. The lowest BCUT2D eigenvalue weighted by molar-refractivity contribution is 0.184. The number of nitrogens with one attached hydrogen (secondary N) is 1. The van der Waals surface area contributed by atoms with Crippen LogP contribution in [0, 0.1) is 0 Å². The number of thiophene rings is 1. The Morgan fingerprint density at radius 3 is 3.11 bits per heavy atom. The Morgan fingerprint density at radius 1 is 1.53 bits per heavy atom. The molecule has 19 heavy (non-hydrogen) atoms. The molecule has 0 aromatic carbocycles. The number of nitrogens with zero attached hydrogens (tertiary/aromatic N) is 2. The topological polar surface area (TPSA) is 73.2 Å². The maximum atomic E-state index is 12.0. The van der Waals surface area contributed by atoms with Gasteiger partial charge in [-0.2, -0.15) is 5.10 Å². The van der Waals surface area contributed by atoms with E-state index in [1.807, 2.05) is 0 Å². The van der Waals surface area contributed by atoms with E-state index >= 15 is 0 Å². The molecule has 0 spiro atoms. The van der Waals surface area contributed by atoms with Gasteiger partial charge in [0.15, 0.2) is 0 Å². The minimum atomic E-state index is -3.50. The molecule has 1 aliphatic rings. The Hall–Kier alpha value is -1.38. The van der Waals surface area contributed by atoms with E-state index in [1.54, 1.807) is 28.4 Å². The fraction of sp³-hybridized carbons (Fsp3) is 0.364. The zero-order valence-corrected chi connectivity index (χ0v) is 11.7. The Kier molecular flexibility index (Phi) is 3.29. The minimum Gasteiger partial charge on any atom is -0.379 e. The van der Waals surface area contributed by atoms with Crippen LogP contribution in [0.5, 0.6) is 0 Å². The maximum Gasteiger partial charge on any atom is 0.271 e.